The number of benzene rings is 3. The molecule has 0 amide bonds. The van der Waals surface area contributed by atoms with Crippen LogP contribution >= 0.6 is 8.60 Å². The first-order valence-corrected chi connectivity index (χ1v) is 10.3. The third-order valence-electron chi connectivity index (χ3n) is 4.11. The molecule has 0 aromatic heterocycles. The number of hydrogen-bond acceptors (Lipinski definition) is 3. The molecule has 0 fully saturated rings. The highest BCUT2D eigenvalue weighted by Gasteiger charge is 2.21. The van der Waals surface area contributed by atoms with Gasteiger partial charge in [-0.1, -0.05) is 30.3 Å². The molecule has 0 aliphatic heterocycles. The Kier molecular flexibility index (Phi) is 6.23. The number of hydrogen-bond donors (Lipinski definition) is 0. The van der Waals surface area contributed by atoms with Crippen molar-refractivity contribution in [3.05, 3.63) is 83.9 Å². The van der Waals surface area contributed by atoms with Crippen molar-refractivity contribution < 1.29 is 13.6 Å². The minimum Gasteiger partial charge on any atom is -0.408 e. The summed E-state index contributed by atoms with van der Waals surface area (Å²) in [5.74, 6) is 2.17. The van der Waals surface area contributed by atoms with E-state index in [1.807, 2.05) is 80.6 Å². The molecule has 3 rings (SSSR count). The van der Waals surface area contributed by atoms with Crippen molar-refractivity contribution in [2.45, 2.75) is 13.8 Å². The van der Waals surface area contributed by atoms with Gasteiger partial charge in [-0.25, -0.2) is 0 Å². The standard InChI is InChI=1S/C23H27NO3P/c1-18-9-6-12-21(15-18)25-28(26-22-13-7-10-19(2)16-22)27-23-14-8-11-20(17-23)24(3,4)5/h6-17H,1-5H3/q+1. The highest BCUT2D eigenvalue weighted by molar-refractivity contribution is 7.43. The van der Waals surface area contributed by atoms with Gasteiger partial charge in [0, 0.05) is 6.07 Å². The summed E-state index contributed by atoms with van der Waals surface area (Å²) < 4.78 is 19.0. The maximum atomic E-state index is 6.15. The van der Waals surface area contributed by atoms with E-state index in [2.05, 4.69) is 27.2 Å². The van der Waals surface area contributed by atoms with Crippen molar-refractivity contribution >= 4 is 14.3 Å². The van der Waals surface area contributed by atoms with Crippen molar-refractivity contribution in [3.8, 4) is 17.2 Å². The predicted octanol–water partition coefficient (Wildman–Crippen LogP) is 6.26. The van der Waals surface area contributed by atoms with E-state index in [0.717, 1.165) is 34.1 Å². The largest absolute Gasteiger partial charge is 0.530 e. The molecule has 0 saturated heterocycles. The topological polar surface area (TPSA) is 27.7 Å². The van der Waals surface area contributed by atoms with Crippen LogP contribution in [0.4, 0.5) is 5.69 Å². The molecule has 0 saturated carbocycles. The molecule has 28 heavy (non-hydrogen) atoms. The zero-order chi connectivity index (χ0) is 20.1. The number of aryl methyl sites for hydroxylation is 2. The van der Waals surface area contributed by atoms with E-state index in [-0.39, 0.29) is 0 Å². The Morgan fingerprint density at radius 3 is 1.46 bits per heavy atom. The normalized spacial score (nSPS) is 11.4. The summed E-state index contributed by atoms with van der Waals surface area (Å²) in [6.07, 6.45) is 0. The van der Waals surface area contributed by atoms with E-state index in [1.165, 1.54) is 0 Å². The van der Waals surface area contributed by atoms with Crippen molar-refractivity contribution in [3.63, 3.8) is 0 Å². The third-order valence-corrected chi connectivity index (χ3v) is 5.19. The Labute approximate surface area is 168 Å². The van der Waals surface area contributed by atoms with E-state index in [4.69, 9.17) is 13.6 Å². The van der Waals surface area contributed by atoms with Gasteiger partial charge < -0.3 is 13.6 Å². The fourth-order valence-electron chi connectivity index (χ4n) is 2.62. The van der Waals surface area contributed by atoms with E-state index in [9.17, 15) is 0 Å². The van der Waals surface area contributed by atoms with Gasteiger partial charge in [0.1, 0.15) is 22.9 Å². The molecule has 146 valence electrons. The Balaban J connectivity index is 1.85. The van der Waals surface area contributed by atoms with Crippen LogP contribution in [0.1, 0.15) is 11.1 Å². The second-order valence-corrected chi connectivity index (χ2v) is 8.64. The second kappa shape index (κ2) is 8.64. The molecule has 0 bridgehead atoms. The lowest BCUT2D eigenvalue weighted by Gasteiger charge is -2.24. The molecule has 5 heteroatoms. The summed E-state index contributed by atoms with van der Waals surface area (Å²) in [5.41, 5.74) is 3.38. The first-order valence-electron chi connectivity index (χ1n) is 9.19. The molecule has 0 spiro atoms. The highest BCUT2D eigenvalue weighted by atomic mass is 31.2. The van der Waals surface area contributed by atoms with Crippen LogP contribution in [0.25, 0.3) is 0 Å². The van der Waals surface area contributed by atoms with Crippen LogP contribution in [0.3, 0.4) is 0 Å². The lowest BCUT2D eigenvalue weighted by molar-refractivity contribution is 0.387. The average molecular weight is 396 g/mol. The highest BCUT2D eigenvalue weighted by Crippen LogP contribution is 2.43. The Morgan fingerprint density at radius 2 is 1.04 bits per heavy atom. The fourth-order valence-corrected chi connectivity index (χ4v) is 3.58. The molecule has 0 radical (unpaired) electrons. The van der Waals surface area contributed by atoms with Crippen LogP contribution in [-0.2, 0) is 0 Å². The summed E-state index contributed by atoms with van der Waals surface area (Å²) in [6, 6.07) is 23.8. The van der Waals surface area contributed by atoms with Crippen molar-refractivity contribution in [2.24, 2.45) is 0 Å². The van der Waals surface area contributed by atoms with Gasteiger partial charge in [0.15, 0.2) is 0 Å². The second-order valence-electron chi connectivity index (χ2n) is 7.64. The third kappa shape index (κ3) is 5.72. The molecule has 0 aliphatic rings. The Morgan fingerprint density at radius 1 is 0.607 bits per heavy atom. The van der Waals surface area contributed by atoms with Crippen LogP contribution in [0.5, 0.6) is 17.2 Å². The number of quaternary nitrogens is 1. The summed E-state index contributed by atoms with van der Waals surface area (Å²) >= 11 is 0. The number of nitrogens with zero attached hydrogens (tertiary/aromatic N) is 1. The van der Waals surface area contributed by atoms with Gasteiger partial charge >= 0.3 is 8.60 Å². The molecule has 0 heterocycles. The molecule has 3 aromatic carbocycles. The van der Waals surface area contributed by atoms with Crippen LogP contribution < -0.4 is 18.1 Å². The van der Waals surface area contributed by atoms with Gasteiger partial charge in [-0.2, -0.15) is 0 Å². The summed E-state index contributed by atoms with van der Waals surface area (Å²) in [7, 11) is 4.69. The van der Waals surface area contributed by atoms with Crippen molar-refractivity contribution in [1.82, 2.24) is 4.48 Å². The summed E-state index contributed by atoms with van der Waals surface area (Å²) in [4.78, 5) is 0. The average Bonchev–Trinajstić information content (AvgIpc) is 2.61. The zero-order valence-corrected chi connectivity index (χ0v) is 17.9. The Bertz CT molecular complexity index is 889. The van der Waals surface area contributed by atoms with Crippen molar-refractivity contribution in [2.75, 3.05) is 21.1 Å². The Hall–Kier alpha value is -2.55. The maximum Gasteiger partial charge on any atom is 0.530 e. The van der Waals surface area contributed by atoms with Gasteiger partial charge in [-0.05, 0) is 61.4 Å². The van der Waals surface area contributed by atoms with E-state index < -0.39 is 8.60 Å². The molecule has 0 N–H and O–H groups in total. The van der Waals surface area contributed by atoms with Crippen LogP contribution in [0.2, 0.25) is 0 Å². The van der Waals surface area contributed by atoms with E-state index in [1.54, 1.807) is 0 Å². The van der Waals surface area contributed by atoms with Gasteiger partial charge in [-0.3, -0.25) is 4.48 Å². The van der Waals surface area contributed by atoms with Gasteiger partial charge in [-0.15, -0.1) is 0 Å². The molecular formula is C23H27NO3P+. The molecular weight excluding hydrogens is 369 g/mol. The van der Waals surface area contributed by atoms with E-state index >= 15 is 0 Å². The SMILES string of the molecule is Cc1cccc(OP(Oc2cccc(C)c2)Oc2cccc([N+](C)(C)C)c2)c1. The number of rotatable bonds is 7. The van der Waals surface area contributed by atoms with Crippen LogP contribution in [-0.4, -0.2) is 21.1 Å². The minimum absolute atomic E-state index is 0.701. The molecule has 4 nitrogen and oxygen atoms in total. The van der Waals surface area contributed by atoms with Crippen molar-refractivity contribution in [1.29, 1.82) is 0 Å². The van der Waals surface area contributed by atoms with Gasteiger partial charge in [0.2, 0.25) is 0 Å². The molecule has 0 atom stereocenters. The van der Waals surface area contributed by atoms with Crippen LogP contribution in [0, 0.1) is 13.8 Å². The zero-order valence-electron chi connectivity index (χ0n) is 17.0. The molecule has 3 aromatic rings. The maximum absolute atomic E-state index is 6.15. The first-order chi connectivity index (χ1) is 13.3. The lowest BCUT2D eigenvalue weighted by atomic mass is 10.2. The quantitative estimate of drug-likeness (QED) is 0.348. The first kappa shape index (κ1) is 20.2. The molecule has 0 aliphatic carbocycles. The summed E-state index contributed by atoms with van der Waals surface area (Å²) in [5, 5.41) is 0. The fraction of sp³-hybridized carbons (Fsp3) is 0.217. The smallest absolute Gasteiger partial charge is 0.408 e. The minimum atomic E-state index is -1.67. The van der Waals surface area contributed by atoms with E-state index in [0.29, 0.717) is 4.48 Å². The van der Waals surface area contributed by atoms with Gasteiger partial charge in [0.25, 0.3) is 0 Å². The monoisotopic (exact) mass is 396 g/mol. The predicted molar refractivity (Wildman–Crippen MR) is 117 cm³/mol. The summed E-state index contributed by atoms with van der Waals surface area (Å²) in [6.45, 7) is 4.06. The molecule has 0 unspecified atom stereocenters. The van der Waals surface area contributed by atoms with Gasteiger partial charge in [0.05, 0.1) is 21.1 Å². The van der Waals surface area contributed by atoms with Crippen LogP contribution in [0.15, 0.2) is 72.8 Å². The lowest BCUT2D eigenvalue weighted by Crippen LogP contribution is -2.34.